The van der Waals surface area contributed by atoms with Gasteiger partial charge in [0.15, 0.2) is 5.82 Å². The van der Waals surface area contributed by atoms with Crippen LogP contribution in [0.4, 0.5) is 11.5 Å². The first-order chi connectivity index (χ1) is 9.08. The van der Waals surface area contributed by atoms with Crippen molar-refractivity contribution in [1.29, 1.82) is 0 Å². The molecule has 0 atom stereocenters. The van der Waals surface area contributed by atoms with Gasteiger partial charge in [-0.25, -0.2) is 9.78 Å². The van der Waals surface area contributed by atoms with E-state index >= 15 is 0 Å². The van der Waals surface area contributed by atoms with Gasteiger partial charge in [0.2, 0.25) is 12.2 Å². The number of rotatable bonds is 5. The lowest BCUT2D eigenvalue weighted by atomic mass is 10.2. The van der Waals surface area contributed by atoms with Gasteiger partial charge in [-0.05, 0) is 0 Å². The quantitative estimate of drug-likeness (QED) is 0.588. The molecule has 0 aliphatic rings. The second-order valence-corrected chi connectivity index (χ2v) is 3.35. The smallest absolute Gasteiger partial charge is 0.337 e. The predicted molar refractivity (Wildman–Crippen MR) is 59.5 cm³/mol. The van der Waals surface area contributed by atoms with Gasteiger partial charge in [0.25, 0.3) is 0 Å². The molecule has 0 unspecified atom stereocenters. The normalized spacial score (nSPS) is 10.1. The fourth-order valence-corrected chi connectivity index (χ4v) is 1.28. The van der Waals surface area contributed by atoms with E-state index in [-0.39, 0.29) is 17.9 Å². The second kappa shape index (κ2) is 5.08. The van der Waals surface area contributed by atoms with Gasteiger partial charge < -0.3 is 14.9 Å². The highest BCUT2D eigenvalue weighted by Crippen LogP contribution is 2.23. The molecular weight excluding hydrogens is 258 g/mol. The number of anilines is 1. The van der Waals surface area contributed by atoms with Crippen LogP contribution in [0.2, 0.25) is 0 Å². The zero-order chi connectivity index (χ0) is 13.8. The summed E-state index contributed by atoms with van der Waals surface area (Å²) in [5, 5.41) is 25.7. The van der Waals surface area contributed by atoms with E-state index in [1.165, 1.54) is 0 Å². The molecule has 2 rings (SSSR count). The Kier molecular flexibility index (Phi) is 3.32. The molecule has 98 valence electrons. The highest BCUT2D eigenvalue weighted by molar-refractivity contribution is 5.88. The maximum atomic E-state index is 10.8. The fraction of sp³-hybridized carbons (Fsp3) is 0.111. The number of carboxylic acids is 1. The van der Waals surface area contributed by atoms with Crippen LogP contribution in [0.25, 0.3) is 0 Å². The number of nitrogens with zero attached hydrogens (tertiary/aromatic N) is 4. The zero-order valence-electron chi connectivity index (χ0n) is 9.31. The molecule has 0 saturated carbocycles. The average molecular weight is 265 g/mol. The first-order valence-corrected chi connectivity index (χ1v) is 4.95. The highest BCUT2D eigenvalue weighted by atomic mass is 16.6. The third kappa shape index (κ3) is 2.80. The van der Waals surface area contributed by atoms with Crippen LogP contribution in [0.3, 0.4) is 0 Å². The van der Waals surface area contributed by atoms with Crippen molar-refractivity contribution in [2.45, 2.75) is 6.54 Å². The van der Waals surface area contributed by atoms with Gasteiger partial charge in [0, 0.05) is 12.3 Å². The van der Waals surface area contributed by atoms with Crippen LogP contribution in [0.5, 0.6) is 0 Å². The summed E-state index contributed by atoms with van der Waals surface area (Å²) in [5.74, 6) is -1.07. The molecule has 0 saturated heterocycles. The van der Waals surface area contributed by atoms with Crippen molar-refractivity contribution in [3.05, 3.63) is 40.2 Å². The van der Waals surface area contributed by atoms with Crippen LogP contribution in [-0.2, 0) is 6.54 Å². The number of nitro groups is 1. The average Bonchev–Trinajstić information content (AvgIpc) is 2.89. The lowest BCUT2D eigenvalue weighted by Gasteiger charge is -2.04. The van der Waals surface area contributed by atoms with E-state index in [0.717, 1.165) is 18.7 Å². The van der Waals surface area contributed by atoms with Crippen LogP contribution in [0, 0.1) is 10.1 Å². The molecular formula is C9H7N5O5. The van der Waals surface area contributed by atoms with Crippen LogP contribution in [0.1, 0.15) is 16.2 Å². The topological polar surface area (TPSA) is 144 Å². The Morgan fingerprint density at radius 3 is 2.89 bits per heavy atom. The van der Waals surface area contributed by atoms with Gasteiger partial charge in [-0.15, -0.1) is 0 Å². The van der Waals surface area contributed by atoms with Gasteiger partial charge in [-0.3, -0.25) is 10.1 Å². The van der Waals surface area contributed by atoms with Gasteiger partial charge in [-0.1, -0.05) is 5.16 Å². The summed E-state index contributed by atoms with van der Waals surface area (Å²) in [6.45, 7) is 0.0662. The largest absolute Gasteiger partial charge is 0.478 e. The molecule has 0 bridgehead atoms. The van der Waals surface area contributed by atoms with E-state index in [4.69, 9.17) is 5.11 Å². The van der Waals surface area contributed by atoms with Crippen molar-refractivity contribution >= 4 is 17.5 Å². The van der Waals surface area contributed by atoms with Crippen molar-refractivity contribution < 1.29 is 19.3 Å². The summed E-state index contributed by atoms with van der Waals surface area (Å²) in [6, 6.07) is 0.924. The third-order valence-electron chi connectivity index (χ3n) is 2.13. The molecule has 0 radical (unpaired) electrons. The molecule has 10 nitrogen and oxygen atoms in total. The Morgan fingerprint density at radius 2 is 2.32 bits per heavy atom. The highest BCUT2D eigenvalue weighted by Gasteiger charge is 2.19. The van der Waals surface area contributed by atoms with Gasteiger partial charge in [0.1, 0.15) is 0 Å². The Balaban J connectivity index is 2.24. The van der Waals surface area contributed by atoms with Gasteiger partial charge in [-0.2, -0.15) is 4.98 Å². The van der Waals surface area contributed by atoms with Crippen molar-refractivity contribution in [1.82, 2.24) is 15.1 Å². The lowest BCUT2D eigenvalue weighted by Crippen LogP contribution is -2.07. The minimum absolute atomic E-state index is 0.0662. The molecule has 0 amide bonds. The van der Waals surface area contributed by atoms with E-state index in [2.05, 4.69) is 25.0 Å². The standard InChI is InChI=1S/C9H7N5O5/c15-9(16)5-1-6(14(17)18)8(10-2-5)11-3-7-12-4-19-13-7/h1-2,4H,3H2,(H,10,11)(H,15,16). The van der Waals surface area contributed by atoms with Gasteiger partial charge in [0.05, 0.1) is 17.0 Å². The molecule has 0 aliphatic carbocycles. The Labute approximate surface area is 105 Å². The summed E-state index contributed by atoms with van der Waals surface area (Å²) >= 11 is 0. The summed E-state index contributed by atoms with van der Waals surface area (Å²) in [7, 11) is 0. The molecule has 2 aromatic heterocycles. The molecule has 0 fully saturated rings. The number of aromatic nitrogens is 3. The third-order valence-corrected chi connectivity index (χ3v) is 2.13. The molecule has 0 aliphatic heterocycles. The van der Waals surface area contributed by atoms with Crippen LogP contribution in [0.15, 0.2) is 23.2 Å². The number of carbonyl (C=O) groups is 1. The van der Waals surface area contributed by atoms with Crippen molar-refractivity contribution in [2.75, 3.05) is 5.32 Å². The van der Waals surface area contributed by atoms with E-state index in [1.807, 2.05) is 0 Å². The molecule has 2 heterocycles. The monoisotopic (exact) mass is 265 g/mol. The predicted octanol–water partition coefficient (Wildman–Crippen LogP) is 0.683. The number of pyridine rings is 1. The van der Waals surface area contributed by atoms with E-state index in [1.54, 1.807) is 0 Å². The number of hydrogen-bond donors (Lipinski definition) is 2. The minimum Gasteiger partial charge on any atom is -0.478 e. The SMILES string of the molecule is O=C(O)c1cnc(NCc2ncon2)c([N+](=O)[O-])c1. The maximum absolute atomic E-state index is 10.8. The van der Waals surface area contributed by atoms with Crippen LogP contribution in [-0.4, -0.2) is 31.1 Å². The molecule has 0 spiro atoms. The fourth-order valence-electron chi connectivity index (χ4n) is 1.28. The first kappa shape index (κ1) is 12.4. The van der Waals surface area contributed by atoms with Crippen molar-refractivity contribution in [3.63, 3.8) is 0 Å². The Bertz CT molecular complexity index is 611. The number of aromatic carboxylic acids is 1. The van der Waals surface area contributed by atoms with E-state index < -0.39 is 16.6 Å². The van der Waals surface area contributed by atoms with Crippen molar-refractivity contribution in [3.8, 4) is 0 Å². The number of hydrogen-bond acceptors (Lipinski definition) is 8. The summed E-state index contributed by atoms with van der Waals surface area (Å²) in [4.78, 5) is 28.3. The second-order valence-electron chi connectivity index (χ2n) is 3.35. The molecule has 2 N–H and O–H groups in total. The van der Waals surface area contributed by atoms with Crippen LogP contribution < -0.4 is 5.32 Å². The minimum atomic E-state index is -1.29. The van der Waals surface area contributed by atoms with Crippen molar-refractivity contribution in [2.24, 2.45) is 0 Å². The van der Waals surface area contributed by atoms with E-state index in [9.17, 15) is 14.9 Å². The number of carboxylic acid groups (broad SMARTS) is 1. The molecule has 2 aromatic rings. The Hall–Kier alpha value is -3.04. The van der Waals surface area contributed by atoms with E-state index in [0.29, 0.717) is 5.82 Å². The molecule has 19 heavy (non-hydrogen) atoms. The number of nitrogens with one attached hydrogen (secondary N) is 1. The van der Waals surface area contributed by atoms with Crippen LogP contribution >= 0.6 is 0 Å². The summed E-state index contributed by atoms with van der Waals surface area (Å²) in [6.07, 6.45) is 2.14. The maximum Gasteiger partial charge on any atom is 0.337 e. The Morgan fingerprint density at radius 1 is 1.53 bits per heavy atom. The summed E-state index contributed by atoms with van der Waals surface area (Å²) < 4.78 is 4.50. The summed E-state index contributed by atoms with van der Waals surface area (Å²) in [5.41, 5.74) is -0.708. The van der Waals surface area contributed by atoms with Gasteiger partial charge >= 0.3 is 11.7 Å². The first-order valence-electron chi connectivity index (χ1n) is 4.95. The zero-order valence-corrected chi connectivity index (χ0v) is 9.31. The molecule has 0 aromatic carbocycles. The lowest BCUT2D eigenvalue weighted by molar-refractivity contribution is -0.384. The molecule has 10 heteroatoms.